The quantitative estimate of drug-likeness (QED) is 0.410. The van der Waals surface area contributed by atoms with E-state index in [1.54, 1.807) is 12.1 Å². The Hall–Kier alpha value is -2.26. The lowest BCUT2D eigenvalue weighted by Crippen LogP contribution is -2.63. The number of ketones is 1. The number of allylic oxidation sites excluding steroid dienone is 2. The molecule has 4 fully saturated rings. The van der Waals surface area contributed by atoms with Gasteiger partial charge in [0.15, 0.2) is 11.4 Å². The summed E-state index contributed by atoms with van der Waals surface area (Å²) in [5, 5.41) is -0.543. The van der Waals surface area contributed by atoms with Crippen LogP contribution in [0.5, 0.6) is 0 Å². The third-order valence-corrected chi connectivity index (χ3v) is 10.6. The maximum atomic E-state index is 15.7. The van der Waals surface area contributed by atoms with Gasteiger partial charge in [-0.05, 0) is 79.6 Å². The zero-order valence-corrected chi connectivity index (χ0v) is 21.1. The first-order valence-electron chi connectivity index (χ1n) is 12.3. The van der Waals surface area contributed by atoms with Crippen molar-refractivity contribution < 1.29 is 37.1 Å². The fourth-order valence-electron chi connectivity index (χ4n) is 8.40. The molecule has 6 rings (SSSR count). The predicted molar refractivity (Wildman–Crippen MR) is 126 cm³/mol. The van der Waals surface area contributed by atoms with Crippen LogP contribution in [0.25, 0.3) is 0 Å². The molecule has 1 saturated heterocycles. The molecule has 0 aromatic carbocycles. The fraction of sp³-hybridized carbons (Fsp3) is 0.593. The summed E-state index contributed by atoms with van der Waals surface area (Å²) in [6.07, 6.45) is 5.38. The highest BCUT2D eigenvalue weighted by atomic mass is 32.2. The molecule has 1 spiro atoms. The zero-order valence-electron chi connectivity index (χ0n) is 20.3. The third kappa shape index (κ3) is 2.73. The molecular formula is C27H28F2O6S. The van der Waals surface area contributed by atoms with Gasteiger partial charge in [0.05, 0.1) is 12.4 Å². The minimum Gasteiger partial charge on any atom is -0.457 e. The summed E-state index contributed by atoms with van der Waals surface area (Å²) in [4.78, 5) is 38.9. The van der Waals surface area contributed by atoms with Crippen LogP contribution >= 0.6 is 11.8 Å². The van der Waals surface area contributed by atoms with Crippen molar-refractivity contribution in [1.82, 2.24) is 0 Å². The van der Waals surface area contributed by atoms with Crippen molar-refractivity contribution >= 4 is 28.6 Å². The van der Waals surface area contributed by atoms with Crippen LogP contribution in [-0.4, -0.2) is 46.4 Å². The molecule has 1 aromatic rings. The Bertz CT molecular complexity index is 1210. The van der Waals surface area contributed by atoms with Crippen molar-refractivity contribution in [2.75, 3.05) is 6.01 Å². The van der Waals surface area contributed by atoms with Crippen molar-refractivity contribution in [2.24, 2.45) is 28.6 Å². The maximum Gasteiger partial charge on any atom is 0.375 e. The normalized spacial score (nSPS) is 46.2. The van der Waals surface area contributed by atoms with E-state index < -0.39 is 51.2 Å². The van der Waals surface area contributed by atoms with Crippen LogP contribution in [-0.2, 0) is 19.1 Å². The molecule has 4 aliphatic carbocycles. The van der Waals surface area contributed by atoms with Crippen molar-refractivity contribution in [3.63, 3.8) is 0 Å². The monoisotopic (exact) mass is 518 g/mol. The Morgan fingerprint density at radius 3 is 2.72 bits per heavy atom. The SMILES string of the molecule is C[C@@H]1CC2C3C[C@H](F)C4=CC(=O)C=C[C@]4(C)[C@@]34O[C@H]4C[C@]2(C)[C@@]1(OC(=O)c1ccco1)C(=O)SCF. The molecule has 3 saturated carbocycles. The van der Waals surface area contributed by atoms with E-state index in [0.717, 1.165) is 0 Å². The van der Waals surface area contributed by atoms with Crippen molar-refractivity contribution in [1.29, 1.82) is 0 Å². The van der Waals surface area contributed by atoms with Gasteiger partial charge in [-0.2, -0.15) is 0 Å². The van der Waals surface area contributed by atoms with Gasteiger partial charge in [0.1, 0.15) is 17.8 Å². The van der Waals surface area contributed by atoms with Crippen LogP contribution in [0.3, 0.4) is 0 Å². The van der Waals surface area contributed by atoms with Crippen LogP contribution in [0.4, 0.5) is 8.78 Å². The molecular weight excluding hydrogens is 490 g/mol. The molecule has 2 heterocycles. The largest absolute Gasteiger partial charge is 0.457 e. The molecule has 6 nitrogen and oxygen atoms in total. The molecule has 9 heteroatoms. The molecule has 0 bridgehead atoms. The Morgan fingerprint density at radius 2 is 2.03 bits per heavy atom. The average Bonchev–Trinajstić information content (AvgIpc) is 3.20. The lowest BCUT2D eigenvalue weighted by Gasteiger charge is -2.56. The van der Waals surface area contributed by atoms with Crippen LogP contribution in [0, 0.1) is 28.6 Å². The summed E-state index contributed by atoms with van der Waals surface area (Å²) < 4.78 is 47.0. The summed E-state index contributed by atoms with van der Waals surface area (Å²) >= 11 is 0.499. The van der Waals surface area contributed by atoms with Crippen molar-refractivity contribution in [3.8, 4) is 0 Å². The molecule has 0 N–H and O–H groups in total. The standard InChI is InChI=1S/C27H28F2O6S/c1-14-9-16-17-11-19(29)18-10-15(30)6-7-24(18,2)27(17)21(34-27)12-25(16,3)26(14,23(32)36-13-28)35-22(31)20-5-4-8-33-20/h4-8,10,14,16-17,19,21H,9,11-13H2,1-3H3/t14-,16?,17?,19+,21+,24+,25+,26+,27-/m1/s1. The number of rotatable bonds is 4. The maximum absolute atomic E-state index is 15.7. The van der Waals surface area contributed by atoms with E-state index in [1.807, 2.05) is 20.8 Å². The number of carbonyl (C=O) groups is 3. The average molecular weight is 519 g/mol. The molecule has 192 valence electrons. The summed E-state index contributed by atoms with van der Waals surface area (Å²) in [7, 11) is 0. The molecule has 1 aromatic heterocycles. The van der Waals surface area contributed by atoms with Gasteiger partial charge in [0, 0.05) is 16.7 Å². The number of thioether (sulfide) groups is 1. The number of esters is 1. The van der Waals surface area contributed by atoms with E-state index in [9.17, 15) is 18.8 Å². The number of alkyl halides is 2. The predicted octanol–water partition coefficient (Wildman–Crippen LogP) is 5.00. The second kappa shape index (κ2) is 7.63. The molecule has 9 atom stereocenters. The van der Waals surface area contributed by atoms with Gasteiger partial charge in [-0.3, -0.25) is 9.59 Å². The van der Waals surface area contributed by atoms with Crippen LogP contribution in [0.15, 0.2) is 46.6 Å². The van der Waals surface area contributed by atoms with Gasteiger partial charge in [-0.15, -0.1) is 0 Å². The molecule has 36 heavy (non-hydrogen) atoms. The van der Waals surface area contributed by atoms with E-state index in [4.69, 9.17) is 13.9 Å². The Kier molecular flexibility index (Phi) is 5.11. The van der Waals surface area contributed by atoms with Gasteiger partial charge in [0.25, 0.3) is 0 Å². The molecule has 0 radical (unpaired) electrons. The number of fused-ring (bicyclic) bond motifs is 3. The van der Waals surface area contributed by atoms with Crippen molar-refractivity contribution in [2.45, 2.75) is 63.5 Å². The second-order valence-electron chi connectivity index (χ2n) is 11.3. The van der Waals surface area contributed by atoms with E-state index in [0.29, 0.717) is 30.2 Å². The van der Waals surface area contributed by atoms with Crippen LogP contribution in [0.1, 0.15) is 50.6 Å². The molecule has 0 amide bonds. The lowest BCUT2D eigenvalue weighted by atomic mass is 9.46. The molecule has 1 aliphatic heterocycles. The van der Waals surface area contributed by atoms with Gasteiger partial charge in [0.2, 0.25) is 10.9 Å². The summed E-state index contributed by atoms with van der Waals surface area (Å²) in [5.74, 6) is -1.98. The molecule has 5 aliphatic rings. The highest BCUT2D eigenvalue weighted by molar-refractivity contribution is 8.13. The number of hydrogen-bond donors (Lipinski definition) is 0. The van der Waals surface area contributed by atoms with Gasteiger partial charge in [-0.25, -0.2) is 13.6 Å². The topological polar surface area (TPSA) is 86.1 Å². The van der Waals surface area contributed by atoms with E-state index in [-0.39, 0.29) is 35.9 Å². The minimum absolute atomic E-state index is 0.0414. The zero-order chi connectivity index (χ0) is 25.7. The van der Waals surface area contributed by atoms with Gasteiger partial charge in [-0.1, -0.05) is 19.9 Å². The second-order valence-corrected chi connectivity index (χ2v) is 12.1. The highest BCUT2D eigenvalue weighted by Gasteiger charge is 2.84. The highest BCUT2D eigenvalue weighted by Crippen LogP contribution is 2.77. The van der Waals surface area contributed by atoms with E-state index >= 15 is 4.39 Å². The lowest BCUT2D eigenvalue weighted by molar-refractivity contribution is -0.156. The third-order valence-electron chi connectivity index (χ3n) is 9.93. The Balaban J connectivity index is 1.45. The first kappa shape index (κ1) is 24.1. The number of epoxide rings is 1. The summed E-state index contributed by atoms with van der Waals surface area (Å²) in [5.41, 5.74) is -3.57. The fourth-order valence-corrected chi connectivity index (χ4v) is 9.19. The van der Waals surface area contributed by atoms with E-state index in [1.165, 1.54) is 24.5 Å². The smallest absolute Gasteiger partial charge is 0.375 e. The first-order chi connectivity index (χ1) is 17.0. The number of halogens is 2. The van der Waals surface area contributed by atoms with Gasteiger partial charge < -0.3 is 13.9 Å². The number of ether oxygens (including phenoxy) is 2. The van der Waals surface area contributed by atoms with Crippen molar-refractivity contribution in [3.05, 3.63) is 48.0 Å². The van der Waals surface area contributed by atoms with Crippen LogP contribution in [0.2, 0.25) is 0 Å². The number of carbonyl (C=O) groups excluding carboxylic acids is 3. The summed E-state index contributed by atoms with van der Waals surface area (Å²) in [6.45, 7) is 5.67. The first-order valence-corrected chi connectivity index (χ1v) is 13.3. The number of hydrogen-bond acceptors (Lipinski definition) is 7. The van der Waals surface area contributed by atoms with Gasteiger partial charge >= 0.3 is 5.97 Å². The van der Waals surface area contributed by atoms with Crippen LogP contribution < -0.4 is 0 Å². The Labute approximate surface area is 211 Å². The van der Waals surface area contributed by atoms with E-state index in [2.05, 4.69) is 0 Å². The summed E-state index contributed by atoms with van der Waals surface area (Å²) in [6, 6.07) is 2.06. The number of furan rings is 1. The molecule has 2 unspecified atom stereocenters. The Morgan fingerprint density at radius 1 is 1.25 bits per heavy atom. The minimum atomic E-state index is -1.63.